The lowest BCUT2D eigenvalue weighted by Crippen LogP contribution is -2.39. The number of anilines is 1. The van der Waals surface area contributed by atoms with Gasteiger partial charge in [0.25, 0.3) is 5.91 Å². The van der Waals surface area contributed by atoms with E-state index in [2.05, 4.69) is 10.0 Å². The molecule has 10 heteroatoms. The van der Waals surface area contributed by atoms with Crippen LogP contribution in [0.3, 0.4) is 0 Å². The Balaban J connectivity index is 2.05. The van der Waals surface area contributed by atoms with Crippen molar-refractivity contribution in [2.24, 2.45) is 5.73 Å². The summed E-state index contributed by atoms with van der Waals surface area (Å²) in [4.78, 5) is 13.2. The maximum Gasteiger partial charge on any atom is 0.259 e. The van der Waals surface area contributed by atoms with Gasteiger partial charge in [-0.1, -0.05) is 0 Å². The first-order valence-electron chi connectivity index (χ1n) is 9.96. The molecule has 0 spiro atoms. The van der Waals surface area contributed by atoms with Crippen LogP contribution < -0.4 is 20.5 Å². The molecular formula is C22H27N5O4S. The van der Waals surface area contributed by atoms with E-state index in [1.165, 1.54) is 4.31 Å². The Morgan fingerprint density at radius 2 is 1.97 bits per heavy atom. The molecule has 1 aromatic heterocycles. The van der Waals surface area contributed by atoms with E-state index >= 15 is 0 Å². The number of rotatable bonds is 9. The van der Waals surface area contributed by atoms with Gasteiger partial charge < -0.3 is 20.2 Å². The molecule has 2 atom stereocenters. The fourth-order valence-electron chi connectivity index (χ4n) is 3.13. The summed E-state index contributed by atoms with van der Waals surface area (Å²) in [6.07, 6.45) is 1.64. The van der Waals surface area contributed by atoms with Crippen LogP contribution in [0.25, 0.3) is 11.0 Å². The number of benzene rings is 2. The third-order valence-corrected chi connectivity index (χ3v) is 5.82. The van der Waals surface area contributed by atoms with Gasteiger partial charge in [-0.25, -0.2) is 8.51 Å². The van der Waals surface area contributed by atoms with E-state index in [4.69, 9.17) is 20.3 Å². The molecule has 0 bridgehead atoms. The Bertz CT molecular complexity index is 1160. The Morgan fingerprint density at radius 3 is 2.56 bits per heavy atom. The van der Waals surface area contributed by atoms with Crippen molar-refractivity contribution in [2.75, 3.05) is 26.0 Å². The number of carbonyl (C=O) groups excluding carboxylic acids is 1. The molecule has 1 heterocycles. The number of nitrogens with zero attached hydrogens (tertiary/aromatic N) is 1. The van der Waals surface area contributed by atoms with Gasteiger partial charge in [0.05, 0.1) is 12.9 Å². The van der Waals surface area contributed by atoms with Crippen LogP contribution in [-0.2, 0) is 16.0 Å². The van der Waals surface area contributed by atoms with E-state index in [-0.39, 0.29) is 5.84 Å². The number of hydrogen-bond donors (Lipinski definition) is 4. The molecule has 0 saturated heterocycles. The molecule has 3 rings (SSSR count). The van der Waals surface area contributed by atoms with Crippen molar-refractivity contribution in [3.8, 4) is 5.75 Å². The molecule has 5 N–H and O–H groups in total. The van der Waals surface area contributed by atoms with Crippen molar-refractivity contribution < 1.29 is 18.2 Å². The number of aryl methyl sites for hydroxylation is 1. The van der Waals surface area contributed by atoms with Crippen LogP contribution in [0.1, 0.15) is 29.7 Å². The molecule has 0 fully saturated rings. The molecule has 170 valence electrons. The van der Waals surface area contributed by atoms with Crippen LogP contribution in [0.15, 0.2) is 47.1 Å². The topological polar surface area (TPSA) is 134 Å². The predicted octanol–water partition coefficient (Wildman–Crippen LogP) is 2.83. The number of ether oxygens (including phenoxy) is 1. The molecule has 0 aliphatic rings. The SMILES string of the molecule is CCOc1cc(C(Nc2ccc(C(=N)N)cc2)C(=O)NS(=O)N(C)C)cc2c(C)coc12. The number of fused-ring (bicyclic) bond motifs is 1. The highest BCUT2D eigenvalue weighted by Gasteiger charge is 2.25. The van der Waals surface area contributed by atoms with Crippen molar-refractivity contribution in [2.45, 2.75) is 19.9 Å². The van der Waals surface area contributed by atoms with Crippen LogP contribution in [-0.4, -0.2) is 41.0 Å². The minimum Gasteiger partial charge on any atom is -0.490 e. The summed E-state index contributed by atoms with van der Waals surface area (Å²) in [6, 6.07) is 9.56. The zero-order chi connectivity index (χ0) is 23.4. The average molecular weight is 458 g/mol. The van der Waals surface area contributed by atoms with Crippen molar-refractivity contribution in [3.05, 3.63) is 59.4 Å². The number of amides is 1. The largest absolute Gasteiger partial charge is 0.490 e. The van der Waals surface area contributed by atoms with Crippen molar-refractivity contribution in [1.82, 2.24) is 9.03 Å². The molecular weight excluding hydrogens is 430 g/mol. The molecule has 1 amide bonds. The number of nitrogens with two attached hydrogens (primary N) is 1. The van der Waals surface area contributed by atoms with Crippen LogP contribution in [0.4, 0.5) is 5.69 Å². The first kappa shape index (κ1) is 23.3. The number of amidine groups is 1. The lowest BCUT2D eigenvalue weighted by atomic mass is 10.0. The quantitative estimate of drug-likeness (QED) is 0.288. The van der Waals surface area contributed by atoms with E-state index in [0.717, 1.165) is 10.9 Å². The lowest BCUT2D eigenvalue weighted by Gasteiger charge is -2.22. The van der Waals surface area contributed by atoms with Gasteiger partial charge in [-0.05, 0) is 61.4 Å². The number of hydrogen-bond acceptors (Lipinski definition) is 6. The van der Waals surface area contributed by atoms with Crippen LogP contribution in [0.2, 0.25) is 0 Å². The molecule has 0 radical (unpaired) electrons. The van der Waals surface area contributed by atoms with Gasteiger partial charge in [0.2, 0.25) is 0 Å². The molecule has 2 aromatic carbocycles. The highest BCUT2D eigenvalue weighted by atomic mass is 32.2. The zero-order valence-corrected chi connectivity index (χ0v) is 19.2. The third-order valence-electron chi connectivity index (χ3n) is 4.78. The monoisotopic (exact) mass is 457 g/mol. The predicted molar refractivity (Wildman–Crippen MR) is 126 cm³/mol. The number of carbonyl (C=O) groups is 1. The second kappa shape index (κ2) is 9.84. The first-order chi connectivity index (χ1) is 15.2. The maximum absolute atomic E-state index is 13.2. The van der Waals surface area contributed by atoms with Crippen molar-refractivity contribution >= 4 is 39.6 Å². The Morgan fingerprint density at radius 1 is 1.28 bits per heavy atom. The minimum absolute atomic E-state index is 0.0468. The summed E-state index contributed by atoms with van der Waals surface area (Å²) in [5, 5.41) is 11.6. The average Bonchev–Trinajstić information content (AvgIpc) is 3.13. The van der Waals surface area contributed by atoms with Gasteiger partial charge in [0.15, 0.2) is 22.5 Å². The van der Waals surface area contributed by atoms with Crippen LogP contribution in [0.5, 0.6) is 5.75 Å². The smallest absolute Gasteiger partial charge is 0.259 e. The van der Waals surface area contributed by atoms with Gasteiger partial charge >= 0.3 is 0 Å². The summed E-state index contributed by atoms with van der Waals surface area (Å²) >= 11 is -1.70. The lowest BCUT2D eigenvalue weighted by molar-refractivity contribution is -0.120. The Labute approximate surface area is 189 Å². The Hall–Kier alpha value is -3.37. The van der Waals surface area contributed by atoms with E-state index in [1.807, 2.05) is 19.9 Å². The maximum atomic E-state index is 13.2. The normalized spacial score (nSPS) is 13.0. The molecule has 0 aliphatic carbocycles. The summed E-state index contributed by atoms with van der Waals surface area (Å²) in [5.74, 6) is -0.00144. The van der Waals surface area contributed by atoms with Gasteiger partial charge in [0.1, 0.15) is 11.9 Å². The molecule has 3 aromatic rings. The number of nitrogen functional groups attached to an aromatic ring is 1. The summed E-state index contributed by atoms with van der Waals surface area (Å²) in [5.41, 5.74) is 8.86. The molecule has 2 unspecified atom stereocenters. The van der Waals surface area contributed by atoms with E-state index in [1.54, 1.807) is 50.7 Å². The highest BCUT2D eigenvalue weighted by molar-refractivity contribution is 7.81. The van der Waals surface area contributed by atoms with Crippen molar-refractivity contribution in [3.63, 3.8) is 0 Å². The van der Waals surface area contributed by atoms with E-state index < -0.39 is 23.1 Å². The molecule has 32 heavy (non-hydrogen) atoms. The highest BCUT2D eigenvalue weighted by Crippen LogP contribution is 2.34. The summed E-state index contributed by atoms with van der Waals surface area (Å²) in [6.45, 7) is 4.21. The summed E-state index contributed by atoms with van der Waals surface area (Å²) < 4.78 is 27.6. The zero-order valence-electron chi connectivity index (χ0n) is 18.4. The Kier molecular flexibility index (Phi) is 7.16. The van der Waals surface area contributed by atoms with Gasteiger partial charge in [-0.3, -0.25) is 14.9 Å². The van der Waals surface area contributed by atoms with E-state index in [0.29, 0.717) is 34.8 Å². The summed E-state index contributed by atoms with van der Waals surface area (Å²) in [7, 11) is 3.21. The van der Waals surface area contributed by atoms with E-state index in [9.17, 15) is 9.00 Å². The molecule has 0 saturated carbocycles. The fraction of sp³-hybridized carbons (Fsp3) is 0.273. The minimum atomic E-state index is -1.70. The van der Waals surface area contributed by atoms with Gasteiger partial charge in [0, 0.05) is 30.7 Å². The van der Waals surface area contributed by atoms with Gasteiger partial charge in [-0.2, -0.15) is 0 Å². The second-order valence-corrected chi connectivity index (χ2v) is 8.78. The first-order valence-corrected chi connectivity index (χ1v) is 11.1. The number of furan rings is 1. The number of nitrogens with one attached hydrogen (secondary N) is 3. The van der Waals surface area contributed by atoms with Crippen LogP contribution >= 0.6 is 0 Å². The molecule has 9 nitrogen and oxygen atoms in total. The van der Waals surface area contributed by atoms with Gasteiger partial charge in [-0.15, -0.1) is 0 Å². The second-order valence-electron chi connectivity index (χ2n) is 7.34. The van der Waals surface area contributed by atoms with Crippen LogP contribution in [0, 0.1) is 12.3 Å². The third kappa shape index (κ3) is 5.09. The van der Waals surface area contributed by atoms with Crippen molar-refractivity contribution in [1.29, 1.82) is 5.41 Å². The molecule has 0 aliphatic heterocycles. The fourth-order valence-corrected chi connectivity index (χ4v) is 3.60. The standard InChI is InChI=1S/C22H27N5O4S/c1-5-30-18-11-15(10-17-13(2)12-31-20(17)18)19(22(28)26-32(29)27(3)4)25-16-8-6-14(7-9-16)21(23)24/h6-12,19,25H,5H2,1-4H3,(H3,23,24)(H,26,28).